The summed E-state index contributed by atoms with van der Waals surface area (Å²) in [7, 11) is 0. The Morgan fingerprint density at radius 3 is 1.82 bits per heavy atom. The van der Waals surface area contributed by atoms with E-state index in [4.69, 9.17) is 5.11 Å². The molecule has 11 heavy (non-hydrogen) atoms. The first-order chi connectivity index (χ1) is 5.20. The molecule has 0 fully saturated rings. The first-order valence-corrected chi connectivity index (χ1v) is 3.25. The molecule has 0 aliphatic carbocycles. The fourth-order valence-electron chi connectivity index (χ4n) is 0.545. The molecule has 0 saturated heterocycles. The number of benzene rings is 1. The smallest absolute Gasteiger partial charge is 0.115 e. The number of aromatic hydroxyl groups is 1. The van der Waals surface area contributed by atoms with Crippen LogP contribution in [0.15, 0.2) is 43.2 Å². The zero-order chi connectivity index (χ0) is 8.69. The highest BCUT2D eigenvalue weighted by Crippen LogP contribution is 2.07. The van der Waals surface area contributed by atoms with Crippen molar-refractivity contribution < 1.29 is 5.11 Å². The maximum Gasteiger partial charge on any atom is 0.115 e. The van der Waals surface area contributed by atoms with E-state index >= 15 is 0 Å². The third kappa shape index (κ3) is 5.01. The summed E-state index contributed by atoms with van der Waals surface area (Å²) in [5, 5.41) is 8.76. The molecule has 1 N–H and O–H groups in total. The van der Waals surface area contributed by atoms with Gasteiger partial charge in [-0.15, -0.1) is 5.73 Å². The lowest BCUT2D eigenvalue weighted by atomic mass is 10.2. The first kappa shape index (κ1) is 9.54. The van der Waals surface area contributed by atoms with Crippen LogP contribution < -0.4 is 0 Å². The van der Waals surface area contributed by atoms with Crippen LogP contribution >= 0.6 is 0 Å². The van der Waals surface area contributed by atoms with Gasteiger partial charge in [0.25, 0.3) is 0 Å². The molecule has 1 aromatic carbocycles. The molecule has 0 radical (unpaired) electrons. The normalized spacial score (nSPS) is 7.36. The molecule has 0 unspecified atom stereocenters. The Balaban J connectivity index is 0.000000292. The van der Waals surface area contributed by atoms with E-state index in [0.717, 1.165) is 0 Å². The van der Waals surface area contributed by atoms with E-state index in [1.54, 1.807) is 12.1 Å². The van der Waals surface area contributed by atoms with Crippen molar-refractivity contribution in [3.8, 4) is 5.75 Å². The summed E-state index contributed by atoms with van der Waals surface area (Å²) in [5.74, 6) is 0.329. The van der Waals surface area contributed by atoms with E-state index in [9.17, 15) is 0 Å². The number of aryl methyl sites for hydroxylation is 1. The van der Waals surface area contributed by atoms with Gasteiger partial charge in [-0.05, 0) is 19.1 Å². The molecule has 0 spiro atoms. The van der Waals surface area contributed by atoms with E-state index in [0.29, 0.717) is 5.75 Å². The Hall–Kier alpha value is -1.46. The third-order valence-corrected chi connectivity index (χ3v) is 1.03. The highest BCUT2D eigenvalue weighted by atomic mass is 16.3. The van der Waals surface area contributed by atoms with E-state index in [-0.39, 0.29) is 0 Å². The second kappa shape index (κ2) is 5.33. The lowest BCUT2D eigenvalue weighted by Gasteiger charge is -1.89. The van der Waals surface area contributed by atoms with Crippen molar-refractivity contribution in [2.75, 3.05) is 0 Å². The summed E-state index contributed by atoms with van der Waals surface area (Å²) < 4.78 is 0. The maximum absolute atomic E-state index is 8.76. The molecular weight excluding hydrogens is 136 g/mol. The summed E-state index contributed by atoms with van der Waals surface area (Å²) in [4.78, 5) is 0. The van der Waals surface area contributed by atoms with Crippen molar-refractivity contribution in [3.63, 3.8) is 0 Å². The second-order valence-corrected chi connectivity index (χ2v) is 2.09. The van der Waals surface area contributed by atoms with Crippen LogP contribution in [0.3, 0.4) is 0 Å². The Morgan fingerprint density at radius 1 is 1.18 bits per heavy atom. The summed E-state index contributed by atoms with van der Waals surface area (Å²) in [6, 6.07) is 7.09. The van der Waals surface area contributed by atoms with Crippen molar-refractivity contribution in [1.29, 1.82) is 0 Å². The van der Waals surface area contributed by atoms with Crippen molar-refractivity contribution in [2.24, 2.45) is 0 Å². The summed E-state index contributed by atoms with van der Waals surface area (Å²) in [6.45, 7) is 8.24. The molecule has 1 nitrogen and oxygen atoms in total. The number of phenolic OH excluding ortho intramolecular Hbond substituents is 1. The fraction of sp³-hybridized carbons (Fsp3) is 0.100. The summed E-state index contributed by atoms with van der Waals surface area (Å²) in [6.07, 6.45) is 0. The summed E-state index contributed by atoms with van der Waals surface area (Å²) >= 11 is 0. The number of phenols is 1. The minimum absolute atomic E-state index is 0.329. The van der Waals surface area contributed by atoms with Gasteiger partial charge in [-0.1, -0.05) is 30.9 Å². The van der Waals surface area contributed by atoms with Gasteiger partial charge < -0.3 is 5.11 Å². The van der Waals surface area contributed by atoms with Crippen LogP contribution in [-0.2, 0) is 0 Å². The van der Waals surface area contributed by atoms with Gasteiger partial charge in [0.15, 0.2) is 0 Å². The Labute approximate surface area is 67.3 Å². The largest absolute Gasteiger partial charge is 0.508 e. The van der Waals surface area contributed by atoms with Gasteiger partial charge in [-0.2, -0.15) is 0 Å². The molecule has 1 aromatic rings. The molecular formula is C10H12O. The molecule has 0 amide bonds. The topological polar surface area (TPSA) is 20.2 Å². The predicted octanol–water partition coefficient (Wildman–Crippen LogP) is 2.66. The minimum Gasteiger partial charge on any atom is -0.508 e. The van der Waals surface area contributed by atoms with Crippen molar-refractivity contribution in [2.45, 2.75) is 6.92 Å². The zero-order valence-electron chi connectivity index (χ0n) is 6.67. The van der Waals surface area contributed by atoms with Crippen molar-refractivity contribution in [1.82, 2.24) is 0 Å². The SMILES string of the molecule is C=C=C.Cc1ccc(O)cc1. The maximum atomic E-state index is 8.76. The van der Waals surface area contributed by atoms with Gasteiger partial charge >= 0.3 is 0 Å². The number of rotatable bonds is 0. The van der Waals surface area contributed by atoms with Crippen LogP contribution in [0.25, 0.3) is 0 Å². The van der Waals surface area contributed by atoms with Gasteiger partial charge in [0.2, 0.25) is 0 Å². The summed E-state index contributed by atoms with van der Waals surface area (Å²) in [5.41, 5.74) is 3.42. The molecule has 0 aliphatic heterocycles. The van der Waals surface area contributed by atoms with Crippen LogP contribution in [0.2, 0.25) is 0 Å². The Morgan fingerprint density at radius 2 is 1.55 bits per heavy atom. The minimum atomic E-state index is 0.329. The highest BCUT2D eigenvalue weighted by molar-refractivity contribution is 5.24. The molecule has 0 bridgehead atoms. The van der Waals surface area contributed by atoms with E-state index in [1.807, 2.05) is 19.1 Å². The number of hydrogen-bond donors (Lipinski definition) is 1. The highest BCUT2D eigenvalue weighted by Gasteiger charge is 1.82. The number of hydrogen-bond acceptors (Lipinski definition) is 1. The van der Waals surface area contributed by atoms with Crippen LogP contribution in [0.4, 0.5) is 0 Å². The van der Waals surface area contributed by atoms with E-state index < -0.39 is 0 Å². The zero-order valence-corrected chi connectivity index (χ0v) is 6.67. The predicted molar refractivity (Wildman–Crippen MR) is 47.6 cm³/mol. The second-order valence-electron chi connectivity index (χ2n) is 2.09. The Kier molecular flexibility index (Phi) is 4.63. The molecule has 0 atom stereocenters. The van der Waals surface area contributed by atoms with E-state index in [1.165, 1.54) is 5.56 Å². The molecule has 0 saturated carbocycles. The van der Waals surface area contributed by atoms with Crippen LogP contribution in [-0.4, -0.2) is 5.11 Å². The molecule has 0 aliphatic rings. The lowest BCUT2D eigenvalue weighted by Crippen LogP contribution is -1.66. The average molecular weight is 148 g/mol. The molecule has 58 valence electrons. The lowest BCUT2D eigenvalue weighted by molar-refractivity contribution is 0.475. The van der Waals surface area contributed by atoms with E-state index in [2.05, 4.69) is 18.9 Å². The van der Waals surface area contributed by atoms with Crippen LogP contribution in [0, 0.1) is 6.92 Å². The van der Waals surface area contributed by atoms with Crippen molar-refractivity contribution in [3.05, 3.63) is 48.7 Å². The van der Waals surface area contributed by atoms with Gasteiger partial charge in [0.05, 0.1) is 0 Å². The van der Waals surface area contributed by atoms with Crippen LogP contribution in [0.1, 0.15) is 5.56 Å². The van der Waals surface area contributed by atoms with Gasteiger partial charge in [-0.25, -0.2) is 0 Å². The Bertz CT molecular complexity index is 207. The molecule has 1 heteroatoms. The van der Waals surface area contributed by atoms with Gasteiger partial charge in [0, 0.05) is 0 Å². The quantitative estimate of drug-likeness (QED) is 0.561. The average Bonchev–Trinajstić information content (AvgIpc) is 1.97. The van der Waals surface area contributed by atoms with Gasteiger partial charge in [0.1, 0.15) is 5.75 Å². The first-order valence-electron chi connectivity index (χ1n) is 3.25. The standard InChI is InChI=1S/C7H8O.C3H4/c1-6-2-4-7(8)5-3-6;1-3-2/h2-5,8H,1H3;1-2H2. The monoisotopic (exact) mass is 148 g/mol. The molecule has 0 aromatic heterocycles. The third-order valence-electron chi connectivity index (χ3n) is 1.03. The fourth-order valence-corrected chi connectivity index (χ4v) is 0.545. The van der Waals surface area contributed by atoms with Crippen LogP contribution in [0.5, 0.6) is 5.75 Å². The molecule has 1 rings (SSSR count). The van der Waals surface area contributed by atoms with Crippen molar-refractivity contribution >= 4 is 0 Å². The molecule has 0 heterocycles. The van der Waals surface area contributed by atoms with Gasteiger partial charge in [-0.3, -0.25) is 0 Å².